The molecule has 0 saturated heterocycles. The summed E-state index contributed by atoms with van der Waals surface area (Å²) in [6, 6.07) is 7.29. The van der Waals surface area contributed by atoms with Gasteiger partial charge in [0.25, 0.3) is 0 Å². The molecule has 286 valence electrons. The average molecular weight is 706 g/mol. The summed E-state index contributed by atoms with van der Waals surface area (Å²) in [6.07, 6.45) is 2.24. The predicted octanol–water partition coefficient (Wildman–Crippen LogP) is 3.26. The molecule has 1 rings (SSSR count). The van der Waals surface area contributed by atoms with Crippen LogP contribution in [0.1, 0.15) is 37.0 Å². The van der Waals surface area contributed by atoms with Crippen LogP contribution in [0, 0.1) is 0 Å². The van der Waals surface area contributed by atoms with Gasteiger partial charge in [-0.2, -0.15) is 0 Å². The highest BCUT2D eigenvalue weighted by Gasteiger charge is 2.07. The molecule has 14 nitrogen and oxygen atoms in total. The minimum Gasteiger partial charge on any atom is -0.460 e. The molecule has 0 unspecified atom stereocenters. The van der Waals surface area contributed by atoms with Crippen molar-refractivity contribution < 1.29 is 61.6 Å². The van der Waals surface area contributed by atoms with E-state index in [0.29, 0.717) is 151 Å². The van der Waals surface area contributed by atoms with Gasteiger partial charge in [0.1, 0.15) is 6.61 Å². The molecule has 0 bridgehead atoms. The molecule has 0 spiro atoms. The van der Waals surface area contributed by atoms with Crippen LogP contribution in [0.5, 0.6) is 0 Å². The molecule has 0 aliphatic heterocycles. The van der Waals surface area contributed by atoms with Crippen LogP contribution in [0.15, 0.2) is 24.3 Å². The van der Waals surface area contributed by atoms with Gasteiger partial charge in [0.15, 0.2) is 0 Å². The lowest BCUT2D eigenvalue weighted by atomic mass is 10.2. The molecule has 49 heavy (non-hydrogen) atoms. The number of hydrogen-bond acceptors (Lipinski definition) is 14. The zero-order valence-corrected chi connectivity index (χ0v) is 30.0. The molecule has 0 heterocycles. The fraction of sp³-hybridized carbons (Fsp3) is 0.800. The lowest BCUT2D eigenvalue weighted by Gasteiger charge is -2.09. The predicted molar refractivity (Wildman–Crippen MR) is 185 cm³/mol. The molecule has 1 aromatic rings. The third-order valence-corrected chi connectivity index (χ3v) is 6.37. The van der Waals surface area contributed by atoms with E-state index in [9.17, 15) is 4.79 Å². The van der Waals surface area contributed by atoms with Crippen LogP contribution in [0.25, 0.3) is 0 Å². The number of carbonyl (C=O) groups excluding carboxylic acids is 1. The van der Waals surface area contributed by atoms with E-state index in [1.165, 1.54) is 0 Å². The van der Waals surface area contributed by atoms with E-state index >= 15 is 0 Å². The highest BCUT2D eigenvalue weighted by molar-refractivity contribution is 5.89. The van der Waals surface area contributed by atoms with Gasteiger partial charge in [-0.25, -0.2) is 4.79 Å². The van der Waals surface area contributed by atoms with Gasteiger partial charge in [-0.1, -0.05) is 13.3 Å². The number of hydrogen-bond donors (Lipinski definition) is 1. The summed E-state index contributed by atoms with van der Waals surface area (Å²) in [5.41, 5.74) is 1.51. The second-order valence-electron chi connectivity index (χ2n) is 10.3. The fourth-order valence-electron chi connectivity index (χ4n) is 3.75. The quantitative estimate of drug-likeness (QED) is 0.0792. The van der Waals surface area contributed by atoms with Gasteiger partial charge in [-0.15, -0.1) is 0 Å². The molecule has 1 aromatic carbocycles. The highest BCUT2D eigenvalue weighted by Crippen LogP contribution is 2.10. The molecule has 0 aliphatic rings. The van der Waals surface area contributed by atoms with Crippen molar-refractivity contribution in [2.75, 3.05) is 164 Å². The van der Waals surface area contributed by atoms with Gasteiger partial charge in [0.2, 0.25) is 0 Å². The molecule has 0 saturated carbocycles. The zero-order valence-electron chi connectivity index (χ0n) is 30.0. The molecule has 1 N–H and O–H groups in total. The molecule has 14 heteroatoms. The third kappa shape index (κ3) is 31.8. The minimum absolute atomic E-state index is 0.190. The summed E-state index contributed by atoms with van der Waals surface area (Å²) in [7, 11) is 0. The van der Waals surface area contributed by atoms with Gasteiger partial charge < -0.3 is 62.2 Å². The first-order valence-corrected chi connectivity index (χ1v) is 17.6. The SMILES string of the molecule is CCCCNc1ccc(C(=O)OCCOCCOCCOCCOCCOCCOCCOCCOCCOCCOCCOCC)cc1. The van der Waals surface area contributed by atoms with E-state index in [4.69, 9.17) is 56.8 Å². The van der Waals surface area contributed by atoms with Crippen molar-refractivity contribution >= 4 is 11.7 Å². The Morgan fingerprint density at radius 3 is 1.06 bits per heavy atom. The molecule has 0 radical (unpaired) electrons. The normalized spacial score (nSPS) is 11.3. The van der Waals surface area contributed by atoms with E-state index in [1.807, 2.05) is 19.1 Å². The molecule has 0 fully saturated rings. The molecule has 0 aromatic heterocycles. The summed E-state index contributed by atoms with van der Waals surface area (Å²) in [5, 5.41) is 3.32. The fourth-order valence-corrected chi connectivity index (χ4v) is 3.75. The van der Waals surface area contributed by atoms with Crippen molar-refractivity contribution in [1.82, 2.24) is 0 Å². The summed E-state index contributed by atoms with van der Waals surface area (Å²) in [4.78, 5) is 12.1. The Balaban J connectivity index is 1.69. The maximum absolute atomic E-state index is 12.1. The van der Waals surface area contributed by atoms with Crippen LogP contribution in [0.2, 0.25) is 0 Å². The smallest absolute Gasteiger partial charge is 0.338 e. The Morgan fingerprint density at radius 2 is 0.755 bits per heavy atom. The first kappa shape index (κ1) is 45.1. The number of unbranched alkanes of at least 4 members (excludes halogenated alkanes) is 1. The number of nitrogens with one attached hydrogen (secondary N) is 1. The van der Waals surface area contributed by atoms with E-state index in [2.05, 4.69) is 12.2 Å². The van der Waals surface area contributed by atoms with E-state index < -0.39 is 0 Å². The summed E-state index contributed by atoms with van der Waals surface area (Å²) < 4.78 is 65.0. The maximum atomic E-state index is 12.1. The second-order valence-corrected chi connectivity index (χ2v) is 10.3. The van der Waals surface area contributed by atoms with E-state index in [1.54, 1.807) is 12.1 Å². The highest BCUT2D eigenvalue weighted by atomic mass is 16.6. The Kier molecular flexibility index (Phi) is 34.3. The zero-order chi connectivity index (χ0) is 35.1. The Labute approximate surface area is 293 Å². The number of esters is 1. The van der Waals surface area contributed by atoms with Crippen LogP contribution < -0.4 is 5.32 Å². The van der Waals surface area contributed by atoms with Crippen LogP contribution in [0.4, 0.5) is 5.69 Å². The van der Waals surface area contributed by atoms with Gasteiger partial charge in [0.05, 0.1) is 144 Å². The lowest BCUT2D eigenvalue weighted by molar-refractivity contribution is -0.0279. The molecule has 0 atom stereocenters. The molecule has 0 aliphatic carbocycles. The number of benzene rings is 1. The summed E-state index contributed by atoms with van der Waals surface area (Å²) in [6.45, 7) is 16.4. The van der Waals surface area contributed by atoms with E-state index in [-0.39, 0.29) is 12.6 Å². The average Bonchev–Trinajstić information content (AvgIpc) is 3.12. The number of carbonyl (C=O) groups is 1. The molecule has 0 amide bonds. The number of anilines is 1. The van der Waals surface area contributed by atoms with Gasteiger partial charge >= 0.3 is 5.97 Å². The van der Waals surface area contributed by atoms with Crippen LogP contribution in [-0.4, -0.2) is 164 Å². The standard InChI is InChI=1S/C35H63NO13/c1-3-5-10-36-34-8-6-33(7-9-34)35(37)49-32-31-48-30-29-47-28-27-46-26-25-45-24-23-44-22-21-43-20-19-42-18-17-41-16-15-40-14-13-39-12-11-38-4-2/h6-9,36H,3-5,10-32H2,1-2H3. The largest absolute Gasteiger partial charge is 0.460 e. The molecular formula is C35H63NO13. The Morgan fingerprint density at radius 1 is 0.449 bits per heavy atom. The van der Waals surface area contributed by atoms with Crippen LogP contribution in [0.3, 0.4) is 0 Å². The van der Waals surface area contributed by atoms with Crippen molar-refractivity contribution in [1.29, 1.82) is 0 Å². The monoisotopic (exact) mass is 705 g/mol. The lowest BCUT2D eigenvalue weighted by Crippen LogP contribution is -2.15. The molecular weight excluding hydrogens is 642 g/mol. The van der Waals surface area contributed by atoms with Crippen molar-refractivity contribution in [2.24, 2.45) is 0 Å². The van der Waals surface area contributed by atoms with Crippen LogP contribution in [-0.2, 0) is 56.8 Å². The van der Waals surface area contributed by atoms with Crippen molar-refractivity contribution in [3.63, 3.8) is 0 Å². The van der Waals surface area contributed by atoms with Gasteiger partial charge in [0, 0.05) is 18.8 Å². The Bertz CT molecular complexity index is 819. The first-order chi connectivity index (χ1) is 24.3. The second kappa shape index (κ2) is 37.3. The summed E-state index contributed by atoms with van der Waals surface area (Å²) >= 11 is 0. The van der Waals surface area contributed by atoms with E-state index in [0.717, 1.165) is 25.1 Å². The maximum Gasteiger partial charge on any atom is 0.338 e. The van der Waals surface area contributed by atoms with Crippen LogP contribution >= 0.6 is 0 Å². The Hall–Kier alpha value is -1.95. The summed E-state index contributed by atoms with van der Waals surface area (Å²) in [5.74, 6) is -0.361. The van der Waals surface area contributed by atoms with Gasteiger partial charge in [-0.05, 0) is 37.6 Å². The topological polar surface area (TPSA) is 140 Å². The minimum atomic E-state index is -0.361. The first-order valence-electron chi connectivity index (χ1n) is 17.6. The van der Waals surface area contributed by atoms with Crippen molar-refractivity contribution in [3.8, 4) is 0 Å². The van der Waals surface area contributed by atoms with Crippen molar-refractivity contribution in [2.45, 2.75) is 26.7 Å². The van der Waals surface area contributed by atoms with Crippen molar-refractivity contribution in [3.05, 3.63) is 29.8 Å². The number of rotatable bonds is 39. The number of ether oxygens (including phenoxy) is 12. The third-order valence-electron chi connectivity index (χ3n) is 6.37. The van der Waals surface area contributed by atoms with Gasteiger partial charge in [-0.3, -0.25) is 0 Å².